The standard InChI is InChI=1S/C7H8N4O2.C7H6O4/c1-10-5-4(8-3-9-5)6(12)11(2)7(10)13;8-5-1-4(7(10)11)2-6(9)3-5/h3H,1-2H3,(H,8,9);1-3,8-9H,(H,10,11). The molecule has 0 fully saturated rings. The summed E-state index contributed by atoms with van der Waals surface area (Å²) in [6.45, 7) is 0. The van der Waals surface area contributed by atoms with E-state index in [1.807, 2.05) is 0 Å². The van der Waals surface area contributed by atoms with E-state index in [4.69, 9.17) is 15.3 Å². The number of aromatic nitrogens is 4. The number of aromatic carboxylic acids is 1. The summed E-state index contributed by atoms with van der Waals surface area (Å²) in [5.41, 5.74) is -0.125. The van der Waals surface area contributed by atoms with Crippen LogP contribution < -0.4 is 11.2 Å². The monoisotopic (exact) mass is 334 g/mol. The van der Waals surface area contributed by atoms with Crippen molar-refractivity contribution >= 4 is 17.1 Å². The fraction of sp³-hybridized carbons (Fsp3) is 0.143. The van der Waals surface area contributed by atoms with Crippen LogP contribution in [0.3, 0.4) is 0 Å². The van der Waals surface area contributed by atoms with E-state index in [9.17, 15) is 14.4 Å². The highest BCUT2D eigenvalue weighted by atomic mass is 16.4. The van der Waals surface area contributed by atoms with Gasteiger partial charge in [-0.25, -0.2) is 14.6 Å². The number of aryl methyl sites for hydroxylation is 1. The first kappa shape index (κ1) is 16.8. The summed E-state index contributed by atoms with van der Waals surface area (Å²) in [6.07, 6.45) is 1.39. The lowest BCUT2D eigenvalue weighted by molar-refractivity contribution is 0.0696. The number of carboxylic acids is 1. The van der Waals surface area contributed by atoms with Crippen LogP contribution in [0, 0.1) is 0 Å². The summed E-state index contributed by atoms with van der Waals surface area (Å²) in [7, 11) is 3.01. The van der Waals surface area contributed by atoms with Gasteiger partial charge in [-0.15, -0.1) is 0 Å². The number of nitrogens with one attached hydrogen (secondary N) is 1. The molecule has 0 saturated heterocycles. The second-order valence-electron chi connectivity index (χ2n) is 4.85. The Morgan fingerprint density at radius 3 is 2.21 bits per heavy atom. The molecule has 10 nitrogen and oxygen atoms in total. The van der Waals surface area contributed by atoms with Gasteiger partial charge in [-0.1, -0.05) is 0 Å². The Hall–Kier alpha value is -3.56. The van der Waals surface area contributed by atoms with Crippen molar-refractivity contribution < 1.29 is 20.1 Å². The number of phenols is 2. The van der Waals surface area contributed by atoms with Crippen LogP contribution in [0.2, 0.25) is 0 Å². The summed E-state index contributed by atoms with van der Waals surface area (Å²) in [5.74, 6) is -1.71. The molecule has 0 amide bonds. The molecule has 0 saturated carbocycles. The molecule has 10 heteroatoms. The van der Waals surface area contributed by atoms with Crippen molar-refractivity contribution in [1.82, 2.24) is 19.1 Å². The normalized spacial score (nSPS) is 10.2. The second-order valence-corrected chi connectivity index (χ2v) is 4.85. The van der Waals surface area contributed by atoms with E-state index in [1.54, 1.807) is 7.05 Å². The highest BCUT2D eigenvalue weighted by Crippen LogP contribution is 2.19. The Kier molecular flexibility index (Phi) is 4.40. The highest BCUT2D eigenvalue weighted by Gasteiger charge is 2.09. The maximum Gasteiger partial charge on any atom is 0.335 e. The van der Waals surface area contributed by atoms with Crippen LogP contribution in [0.25, 0.3) is 11.2 Å². The molecule has 126 valence electrons. The third-order valence-corrected chi connectivity index (χ3v) is 3.18. The van der Waals surface area contributed by atoms with E-state index >= 15 is 0 Å². The fourth-order valence-corrected chi connectivity index (χ4v) is 1.99. The number of H-pyrrole nitrogens is 1. The molecule has 0 aliphatic rings. The molecule has 24 heavy (non-hydrogen) atoms. The number of aromatic hydroxyl groups is 2. The first-order chi connectivity index (χ1) is 11.2. The number of hydrogen-bond acceptors (Lipinski definition) is 6. The second kappa shape index (κ2) is 6.28. The minimum absolute atomic E-state index is 0.137. The Labute approximate surface area is 133 Å². The van der Waals surface area contributed by atoms with Gasteiger partial charge in [0.2, 0.25) is 0 Å². The van der Waals surface area contributed by atoms with Gasteiger partial charge in [-0.3, -0.25) is 13.9 Å². The van der Waals surface area contributed by atoms with E-state index in [-0.39, 0.29) is 28.3 Å². The molecule has 3 aromatic rings. The molecular weight excluding hydrogens is 320 g/mol. The molecule has 2 aromatic heterocycles. The van der Waals surface area contributed by atoms with Gasteiger partial charge in [0.05, 0.1) is 11.9 Å². The predicted octanol–water partition coefficient (Wildman–Crippen LogP) is -0.244. The van der Waals surface area contributed by atoms with E-state index in [1.165, 1.54) is 17.9 Å². The van der Waals surface area contributed by atoms with Crippen molar-refractivity contribution in [1.29, 1.82) is 0 Å². The van der Waals surface area contributed by atoms with E-state index in [2.05, 4.69) is 9.97 Å². The maximum atomic E-state index is 11.4. The van der Waals surface area contributed by atoms with Gasteiger partial charge in [0.25, 0.3) is 5.56 Å². The number of imidazole rings is 1. The summed E-state index contributed by atoms with van der Waals surface area (Å²) >= 11 is 0. The average Bonchev–Trinajstić information content (AvgIpc) is 3.00. The summed E-state index contributed by atoms with van der Waals surface area (Å²) < 4.78 is 2.37. The summed E-state index contributed by atoms with van der Waals surface area (Å²) in [6, 6.07) is 3.18. The van der Waals surface area contributed by atoms with Crippen molar-refractivity contribution in [2.75, 3.05) is 0 Å². The van der Waals surface area contributed by atoms with Crippen LogP contribution in [-0.2, 0) is 14.1 Å². The zero-order chi connectivity index (χ0) is 18.0. The molecule has 1 aromatic carbocycles. The third-order valence-electron chi connectivity index (χ3n) is 3.18. The maximum absolute atomic E-state index is 11.4. The smallest absolute Gasteiger partial charge is 0.335 e. The Morgan fingerprint density at radius 1 is 1.08 bits per heavy atom. The van der Waals surface area contributed by atoms with Crippen molar-refractivity contribution in [3.05, 3.63) is 50.9 Å². The van der Waals surface area contributed by atoms with Gasteiger partial charge < -0.3 is 20.3 Å². The van der Waals surface area contributed by atoms with Crippen LogP contribution in [0.15, 0.2) is 34.1 Å². The third kappa shape index (κ3) is 3.11. The molecule has 0 aliphatic heterocycles. The van der Waals surface area contributed by atoms with Crippen LogP contribution in [-0.4, -0.2) is 40.4 Å². The average molecular weight is 334 g/mol. The largest absolute Gasteiger partial charge is 0.508 e. The lowest BCUT2D eigenvalue weighted by Gasteiger charge is -2.00. The molecule has 2 heterocycles. The number of aromatic amines is 1. The molecule has 0 bridgehead atoms. The van der Waals surface area contributed by atoms with Gasteiger partial charge in [0.15, 0.2) is 5.65 Å². The highest BCUT2D eigenvalue weighted by molar-refractivity contribution is 5.88. The minimum Gasteiger partial charge on any atom is -0.508 e. The summed E-state index contributed by atoms with van der Waals surface area (Å²) in [4.78, 5) is 39.7. The van der Waals surface area contributed by atoms with Gasteiger partial charge in [0, 0.05) is 20.2 Å². The van der Waals surface area contributed by atoms with Crippen molar-refractivity contribution in [3.63, 3.8) is 0 Å². The molecule has 0 unspecified atom stereocenters. The lowest BCUT2D eigenvalue weighted by Crippen LogP contribution is -2.36. The molecular formula is C14H14N4O6. The molecule has 0 spiro atoms. The Balaban J connectivity index is 0.000000177. The molecule has 0 atom stereocenters. The Morgan fingerprint density at radius 2 is 1.67 bits per heavy atom. The number of hydrogen-bond donors (Lipinski definition) is 4. The minimum atomic E-state index is -1.18. The summed E-state index contributed by atoms with van der Waals surface area (Å²) in [5, 5.41) is 26.1. The molecule has 4 N–H and O–H groups in total. The number of carbonyl (C=O) groups is 1. The van der Waals surface area contributed by atoms with Crippen molar-refractivity contribution in [3.8, 4) is 11.5 Å². The molecule has 3 rings (SSSR count). The van der Waals surface area contributed by atoms with Crippen LogP contribution in [0.5, 0.6) is 11.5 Å². The number of nitrogens with zero attached hydrogens (tertiary/aromatic N) is 3. The van der Waals surface area contributed by atoms with Crippen LogP contribution in [0.4, 0.5) is 0 Å². The SMILES string of the molecule is Cn1c(=O)c2[nH]cnc2n(C)c1=O.O=C(O)c1cc(O)cc(O)c1. The van der Waals surface area contributed by atoms with E-state index in [0.717, 1.165) is 22.8 Å². The van der Waals surface area contributed by atoms with Gasteiger partial charge in [0.1, 0.15) is 17.0 Å². The number of fused-ring (bicyclic) bond motifs is 1. The topological polar surface area (TPSA) is 150 Å². The molecule has 0 aliphatic carbocycles. The zero-order valence-electron chi connectivity index (χ0n) is 12.7. The first-order valence-corrected chi connectivity index (χ1v) is 6.57. The quantitative estimate of drug-likeness (QED) is 0.479. The van der Waals surface area contributed by atoms with Crippen molar-refractivity contribution in [2.24, 2.45) is 14.1 Å². The van der Waals surface area contributed by atoms with E-state index < -0.39 is 5.97 Å². The van der Waals surface area contributed by atoms with Crippen LogP contribution in [0.1, 0.15) is 10.4 Å². The number of phenolic OH excluding ortho intramolecular Hbond substituents is 2. The van der Waals surface area contributed by atoms with E-state index in [0.29, 0.717) is 11.2 Å². The number of carboxylic acid groups (broad SMARTS) is 1. The lowest BCUT2D eigenvalue weighted by atomic mass is 10.2. The van der Waals surface area contributed by atoms with Crippen LogP contribution >= 0.6 is 0 Å². The zero-order valence-corrected chi connectivity index (χ0v) is 12.7. The Bertz CT molecular complexity index is 1010. The fourth-order valence-electron chi connectivity index (χ4n) is 1.99. The van der Waals surface area contributed by atoms with Crippen molar-refractivity contribution in [2.45, 2.75) is 0 Å². The van der Waals surface area contributed by atoms with Gasteiger partial charge in [-0.2, -0.15) is 0 Å². The van der Waals surface area contributed by atoms with Gasteiger partial charge >= 0.3 is 11.7 Å². The molecule has 0 radical (unpaired) electrons. The first-order valence-electron chi connectivity index (χ1n) is 6.57. The number of rotatable bonds is 1. The van der Waals surface area contributed by atoms with Gasteiger partial charge in [-0.05, 0) is 12.1 Å². The predicted molar refractivity (Wildman–Crippen MR) is 83.3 cm³/mol. The number of benzene rings is 1.